The van der Waals surface area contributed by atoms with Crippen LogP contribution in [-0.2, 0) is 4.79 Å². The molecular formula is C20H21N3O2S2. The number of hydrogen-bond donors (Lipinski definition) is 0. The molecule has 2 heterocycles. The molecule has 27 heavy (non-hydrogen) atoms. The van der Waals surface area contributed by atoms with E-state index in [1.807, 2.05) is 52.7 Å². The molecule has 0 atom stereocenters. The standard InChI is InChI=1S/C20H21N3O2S2/c24-18(14-27-20-22-21-19(25-20)17-12-7-13-26-17)23(15-8-3-1-4-9-15)16-10-5-2-6-11-16/h1,3-4,7-9,12-13,16H,2,5-6,10-11,14H2. The molecule has 1 aliphatic carbocycles. The number of carbonyl (C=O) groups excluding carboxylic acids is 1. The molecule has 0 saturated heterocycles. The van der Waals surface area contributed by atoms with E-state index in [1.165, 1.54) is 31.0 Å². The minimum absolute atomic E-state index is 0.0916. The van der Waals surface area contributed by atoms with Crippen molar-refractivity contribution in [2.45, 2.75) is 43.4 Å². The van der Waals surface area contributed by atoms with Crippen LogP contribution in [0.3, 0.4) is 0 Å². The first kappa shape index (κ1) is 18.3. The summed E-state index contributed by atoms with van der Waals surface area (Å²) in [5, 5.41) is 10.6. The summed E-state index contributed by atoms with van der Waals surface area (Å²) >= 11 is 2.86. The Morgan fingerprint density at radius 1 is 1.11 bits per heavy atom. The predicted molar refractivity (Wildman–Crippen MR) is 109 cm³/mol. The van der Waals surface area contributed by atoms with Gasteiger partial charge in [0.2, 0.25) is 5.91 Å². The van der Waals surface area contributed by atoms with Gasteiger partial charge in [-0.25, -0.2) is 0 Å². The fourth-order valence-electron chi connectivity index (χ4n) is 3.45. The molecule has 0 spiro atoms. The number of thiophene rings is 1. The second-order valence-corrected chi connectivity index (χ2v) is 8.40. The van der Waals surface area contributed by atoms with Crippen LogP contribution >= 0.6 is 23.1 Å². The molecule has 7 heteroatoms. The van der Waals surface area contributed by atoms with Crippen LogP contribution in [0.25, 0.3) is 10.8 Å². The zero-order chi connectivity index (χ0) is 18.5. The molecule has 0 bridgehead atoms. The smallest absolute Gasteiger partial charge is 0.277 e. The maximum absolute atomic E-state index is 13.1. The molecule has 140 valence electrons. The van der Waals surface area contributed by atoms with Crippen LogP contribution in [-0.4, -0.2) is 27.9 Å². The fourth-order valence-corrected chi connectivity index (χ4v) is 4.71. The first-order chi connectivity index (χ1) is 13.3. The summed E-state index contributed by atoms with van der Waals surface area (Å²) in [6.45, 7) is 0. The Hall–Kier alpha value is -2.12. The van der Waals surface area contributed by atoms with Gasteiger partial charge in [-0.15, -0.1) is 21.5 Å². The van der Waals surface area contributed by atoms with Crippen molar-refractivity contribution in [2.24, 2.45) is 0 Å². The van der Waals surface area contributed by atoms with E-state index < -0.39 is 0 Å². The largest absolute Gasteiger partial charge is 0.410 e. The molecule has 1 aliphatic rings. The first-order valence-corrected chi connectivity index (χ1v) is 11.0. The van der Waals surface area contributed by atoms with Gasteiger partial charge in [0.05, 0.1) is 10.6 Å². The number of para-hydroxylation sites is 1. The number of amides is 1. The van der Waals surface area contributed by atoms with E-state index in [0.29, 0.717) is 11.1 Å². The van der Waals surface area contributed by atoms with Gasteiger partial charge in [0, 0.05) is 11.7 Å². The van der Waals surface area contributed by atoms with E-state index in [1.54, 1.807) is 11.3 Å². The van der Waals surface area contributed by atoms with Crippen LogP contribution in [0.15, 0.2) is 57.5 Å². The van der Waals surface area contributed by atoms with Gasteiger partial charge in [0.1, 0.15) is 0 Å². The van der Waals surface area contributed by atoms with E-state index in [9.17, 15) is 4.79 Å². The Kier molecular flexibility index (Phi) is 5.89. The Balaban J connectivity index is 1.45. The number of anilines is 1. The van der Waals surface area contributed by atoms with Crippen molar-refractivity contribution < 1.29 is 9.21 Å². The summed E-state index contributed by atoms with van der Waals surface area (Å²) in [6.07, 6.45) is 5.75. The van der Waals surface area contributed by atoms with Gasteiger partial charge in [-0.05, 0) is 36.4 Å². The van der Waals surface area contributed by atoms with Gasteiger partial charge in [0.15, 0.2) is 0 Å². The second-order valence-electron chi connectivity index (χ2n) is 6.53. The van der Waals surface area contributed by atoms with Gasteiger partial charge < -0.3 is 9.32 Å². The summed E-state index contributed by atoms with van der Waals surface area (Å²) in [4.78, 5) is 16.0. The number of carbonyl (C=O) groups is 1. The highest BCUT2D eigenvalue weighted by Gasteiger charge is 2.27. The van der Waals surface area contributed by atoms with E-state index in [-0.39, 0.29) is 17.7 Å². The third-order valence-electron chi connectivity index (χ3n) is 4.70. The first-order valence-electron chi connectivity index (χ1n) is 9.18. The molecule has 0 radical (unpaired) electrons. The van der Waals surface area contributed by atoms with Gasteiger partial charge in [0.25, 0.3) is 11.1 Å². The lowest BCUT2D eigenvalue weighted by atomic mass is 9.93. The van der Waals surface area contributed by atoms with Crippen molar-refractivity contribution in [3.05, 3.63) is 47.8 Å². The fraction of sp³-hybridized carbons (Fsp3) is 0.350. The minimum Gasteiger partial charge on any atom is -0.410 e. The maximum Gasteiger partial charge on any atom is 0.277 e. The Bertz CT molecular complexity index is 859. The van der Waals surface area contributed by atoms with Crippen molar-refractivity contribution in [1.29, 1.82) is 0 Å². The highest BCUT2D eigenvalue weighted by atomic mass is 32.2. The van der Waals surface area contributed by atoms with Crippen LogP contribution in [0.1, 0.15) is 32.1 Å². The van der Waals surface area contributed by atoms with Crippen LogP contribution < -0.4 is 4.90 Å². The van der Waals surface area contributed by atoms with Gasteiger partial charge in [-0.2, -0.15) is 0 Å². The average molecular weight is 400 g/mol. The van der Waals surface area contributed by atoms with Crippen LogP contribution in [0, 0.1) is 0 Å². The summed E-state index contributed by atoms with van der Waals surface area (Å²) in [5.41, 5.74) is 0.972. The van der Waals surface area contributed by atoms with Crippen LogP contribution in [0.4, 0.5) is 5.69 Å². The highest BCUT2D eigenvalue weighted by Crippen LogP contribution is 2.30. The third kappa shape index (κ3) is 4.42. The third-order valence-corrected chi connectivity index (χ3v) is 6.36. The zero-order valence-corrected chi connectivity index (χ0v) is 16.5. The molecular weight excluding hydrogens is 378 g/mol. The number of hydrogen-bond acceptors (Lipinski definition) is 6. The van der Waals surface area contributed by atoms with Crippen LogP contribution in [0.2, 0.25) is 0 Å². The molecule has 5 nitrogen and oxygen atoms in total. The molecule has 0 N–H and O–H groups in total. The molecule has 2 aromatic heterocycles. The molecule has 0 aliphatic heterocycles. The quantitative estimate of drug-likeness (QED) is 0.529. The zero-order valence-electron chi connectivity index (χ0n) is 14.9. The van der Waals surface area contributed by atoms with Crippen molar-refractivity contribution >= 4 is 34.7 Å². The average Bonchev–Trinajstić information content (AvgIpc) is 3.40. The number of thioether (sulfide) groups is 1. The lowest BCUT2D eigenvalue weighted by Crippen LogP contribution is -2.42. The molecule has 0 unspecified atom stereocenters. The van der Waals surface area contributed by atoms with Gasteiger partial charge in [-0.1, -0.05) is 55.3 Å². The van der Waals surface area contributed by atoms with E-state index >= 15 is 0 Å². The number of aromatic nitrogens is 2. The van der Waals surface area contributed by atoms with E-state index in [0.717, 1.165) is 23.4 Å². The summed E-state index contributed by atoms with van der Waals surface area (Å²) < 4.78 is 5.69. The van der Waals surface area contributed by atoms with Gasteiger partial charge in [-0.3, -0.25) is 4.79 Å². The van der Waals surface area contributed by atoms with Crippen LogP contribution in [0.5, 0.6) is 0 Å². The summed E-state index contributed by atoms with van der Waals surface area (Å²) in [7, 11) is 0. The summed E-state index contributed by atoms with van der Waals surface area (Å²) in [5.74, 6) is 0.887. The number of benzene rings is 1. The van der Waals surface area contributed by atoms with E-state index in [2.05, 4.69) is 10.2 Å². The molecule has 1 saturated carbocycles. The molecule has 3 aromatic rings. The maximum atomic E-state index is 13.1. The van der Waals surface area contributed by atoms with Crippen molar-refractivity contribution in [1.82, 2.24) is 10.2 Å². The predicted octanol–water partition coefficient (Wildman–Crippen LogP) is 5.26. The lowest BCUT2D eigenvalue weighted by Gasteiger charge is -2.34. The van der Waals surface area contributed by atoms with Crippen molar-refractivity contribution in [3.63, 3.8) is 0 Å². The van der Waals surface area contributed by atoms with Crippen molar-refractivity contribution in [2.75, 3.05) is 10.7 Å². The lowest BCUT2D eigenvalue weighted by molar-refractivity contribution is -0.116. The SMILES string of the molecule is O=C(CSc1nnc(-c2cccs2)o1)N(c1ccccc1)C1CCCCC1. The molecule has 1 amide bonds. The second kappa shape index (κ2) is 8.71. The number of nitrogens with zero attached hydrogens (tertiary/aromatic N) is 3. The number of rotatable bonds is 6. The molecule has 4 rings (SSSR count). The normalized spacial score (nSPS) is 15.0. The Labute approximate surface area is 166 Å². The Morgan fingerprint density at radius 3 is 2.67 bits per heavy atom. The Morgan fingerprint density at radius 2 is 1.93 bits per heavy atom. The summed E-state index contributed by atoms with van der Waals surface area (Å²) in [6, 6.07) is 14.1. The minimum atomic E-state index is 0.0916. The highest BCUT2D eigenvalue weighted by molar-refractivity contribution is 7.99. The topological polar surface area (TPSA) is 59.2 Å². The van der Waals surface area contributed by atoms with Gasteiger partial charge >= 0.3 is 0 Å². The molecule has 1 aromatic carbocycles. The van der Waals surface area contributed by atoms with Crippen molar-refractivity contribution in [3.8, 4) is 10.8 Å². The molecule has 1 fully saturated rings. The monoisotopic (exact) mass is 399 g/mol. The van der Waals surface area contributed by atoms with E-state index in [4.69, 9.17) is 4.42 Å².